The Bertz CT molecular complexity index is 817. The molecule has 0 atom stereocenters. The molecule has 1 aliphatic rings. The van der Waals surface area contributed by atoms with Crippen LogP contribution in [0.25, 0.3) is 0 Å². The van der Waals surface area contributed by atoms with Crippen LogP contribution < -0.4 is 4.74 Å². The number of amides is 1. The summed E-state index contributed by atoms with van der Waals surface area (Å²) >= 11 is 6.03. The van der Waals surface area contributed by atoms with Gasteiger partial charge in [-0.05, 0) is 55.3 Å². The molecule has 3 rings (SSSR count). The van der Waals surface area contributed by atoms with Crippen molar-refractivity contribution in [3.63, 3.8) is 0 Å². The van der Waals surface area contributed by atoms with Gasteiger partial charge >= 0.3 is 5.97 Å². The Morgan fingerprint density at radius 1 is 1.12 bits per heavy atom. The number of nitrogens with zero attached hydrogens (tertiary/aromatic N) is 1. The van der Waals surface area contributed by atoms with E-state index in [1.165, 1.54) is 30.3 Å². The molecule has 7 heteroatoms. The maximum absolute atomic E-state index is 13.0. The lowest BCUT2D eigenvalue weighted by atomic mass is 9.96. The number of piperidine rings is 1. The summed E-state index contributed by atoms with van der Waals surface area (Å²) in [5.74, 6) is -1.20. The summed E-state index contributed by atoms with van der Waals surface area (Å²) < 4.78 is 18.8. The Labute approximate surface area is 154 Å². The summed E-state index contributed by atoms with van der Waals surface area (Å²) in [5.41, 5.74) is 0.288. The van der Waals surface area contributed by atoms with Crippen molar-refractivity contribution in [2.75, 3.05) is 13.1 Å². The molecule has 2 aromatic carbocycles. The van der Waals surface area contributed by atoms with Gasteiger partial charge in [0.2, 0.25) is 0 Å². The first kappa shape index (κ1) is 18.2. The van der Waals surface area contributed by atoms with Gasteiger partial charge in [0.1, 0.15) is 17.3 Å². The number of carbonyl (C=O) groups excluding carboxylic acids is 1. The van der Waals surface area contributed by atoms with Crippen molar-refractivity contribution in [1.29, 1.82) is 0 Å². The maximum atomic E-state index is 13.0. The van der Waals surface area contributed by atoms with Crippen LogP contribution in [-0.4, -0.2) is 35.0 Å². The summed E-state index contributed by atoms with van der Waals surface area (Å²) in [7, 11) is 0. The van der Waals surface area contributed by atoms with Crippen LogP contribution >= 0.6 is 11.6 Å². The van der Waals surface area contributed by atoms with Gasteiger partial charge in [0.25, 0.3) is 5.91 Å². The number of carbonyl (C=O) groups is 2. The van der Waals surface area contributed by atoms with Gasteiger partial charge < -0.3 is 14.7 Å². The van der Waals surface area contributed by atoms with Crippen molar-refractivity contribution >= 4 is 23.5 Å². The van der Waals surface area contributed by atoms with Gasteiger partial charge in [0.05, 0.1) is 11.5 Å². The monoisotopic (exact) mass is 377 g/mol. The molecule has 2 aromatic rings. The van der Waals surface area contributed by atoms with E-state index in [0.717, 1.165) is 0 Å². The molecule has 0 radical (unpaired) electrons. The molecule has 0 unspecified atom stereocenters. The van der Waals surface area contributed by atoms with Gasteiger partial charge in [0, 0.05) is 18.1 Å². The van der Waals surface area contributed by atoms with Crippen molar-refractivity contribution in [3.8, 4) is 11.5 Å². The smallest absolute Gasteiger partial charge is 0.306 e. The molecular weight excluding hydrogens is 361 g/mol. The highest BCUT2D eigenvalue weighted by molar-refractivity contribution is 6.31. The number of carboxylic acids is 1. The Kier molecular flexibility index (Phi) is 5.42. The van der Waals surface area contributed by atoms with Gasteiger partial charge in [-0.2, -0.15) is 0 Å². The third-order valence-electron chi connectivity index (χ3n) is 4.34. The first-order valence-corrected chi connectivity index (χ1v) is 8.57. The Hall–Kier alpha value is -2.60. The van der Waals surface area contributed by atoms with Gasteiger partial charge in [0.15, 0.2) is 0 Å². The van der Waals surface area contributed by atoms with E-state index in [-0.39, 0.29) is 17.3 Å². The van der Waals surface area contributed by atoms with E-state index in [0.29, 0.717) is 42.5 Å². The number of rotatable bonds is 4. The third-order valence-corrected chi connectivity index (χ3v) is 4.58. The average Bonchev–Trinajstić information content (AvgIpc) is 2.64. The van der Waals surface area contributed by atoms with E-state index >= 15 is 0 Å². The molecule has 1 saturated heterocycles. The van der Waals surface area contributed by atoms with E-state index in [2.05, 4.69) is 0 Å². The lowest BCUT2D eigenvalue weighted by Gasteiger charge is -2.30. The molecule has 0 bridgehead atoms. The van der Waals surface area contributed by atoms with E-state index < -0.39 is 11.9 Å². The highest BCUT2D eigenvalue weighted by Crippen LogP contribution is 2.30. The Morgan fingerprint density at radius 2 is 1.77 bits per heavy atom. The molecule has 0 aromatic heterocycles. The topological polar surface area (TPSA) is 66.8 Å². The van der Waals surface area contributed by atoms with Gasteiger partial charge in [-0.25, -0.2) is 4.39 Å². The fraction of sp³-hybridized carbons (Fsp3) is 0.263. The number of halogens is 2. The molecule has 1 heterocycles. The summed E-state index contributed by atoms with van der Waals surface area (Å²) in [6.45, 7) is 0.719. The average molecular weight is 378 g/mol. The van der Waals surface area contributed by atoms with Crippen LogP contribution in [0.4, 0.5) is 4.39 Å². The lowest BCUT2D eigenvalue weighted by molar-refractivity contribution is -0.143. The summed E-state index contributed by atoms with van der Waals surface area (Å²) in [5, 5.41) is 9.47. The van der Waals surface area contributed by atoms with Crippen LogP contribution in [0.2, 0.25) is 5.02 Å². The molecule has 0 aliphatic carbocycles. The number of aliphatic carboxylic acids is 1. The van der Waals surface area contributed by atoms with E-state index in [9.17, 15) is 14.0 Å². The van der Waals surface area contributed by atoms with Crippen LogP contribution in [0.15, 0.2) is 42.5 Å². The van der Waals surface area contributed by atoms with E-state index in [4.69, 9.17) is 21.4 Å². The van der Waals surface area contributed by atoms with Crippen LogP contribution in [-0.2, 0) is 4.79 Å². The summed E-state index contributed by atoms with van der Waals surface area (Å²) in [4.78, 5) is 25.5. The fourth-order valence-electron chi connectivity index (χ4n) is 2.89. The van der Waals surface area contributed by atoms with Crippen LogP contribution in [0.3, 0.4) is 0 Å². The Morgan fingerprint density at radius 3 is 2.38 bits per heavy atom. The number of likely N-dealkylation sites (tertiary alicyclic amines) is 1. The minimum atomic E-state index is -0.833. The quantitative estimate of drug-likeness (QED) is 0.866. The number of ether oxygens (including phenoxy) is 1. The number of benzene rings is 2. The largest absolute Gasteiger partial charge is 0.481 e. The molecular formula is C19H17ClFNO4. The maximum Gasteiger partial charge on any atom is 0.306 e. The SMILES string of the molecule is O=C(O)C1CCN(C(=O)c2cc(Cl)ccc2Oc2ccc(F)cc2)CC1. The number of carboxylic acid groups (broad SMARTS) is 1. The van der Waals surface area contributed by atoms with Gasteiger partial charge in [-0.15, -0.1) is 0 Å². The van der Waals surface area contributed by atoms with E-state index in [1.807, 2.05) is 0 Å². The second kappa shape index (κ2) is 7.74. The molecule has 0 saturated carbocycles. The molecule has 5 nitrogen and oxygen atoms in total. The van der Waals surface area contributed by atoms with Crippen LogP contribution in [0, 0.1) is 11.7 Å². The molecule has 26 heavy (non-hydrogen) atoms. The lowest BCUT2D eigenvalue weighted by Crippen LogP contribution is -2.40. The second-order valence-electron chi connectivity index (χ2n) is 6.10. The summed E-state index contributed by atoms with van der Waals surface area (Å²) in [6, 6.07) is 10.2. The predicted molar refractivity (Wildman–Crippen MR) is 94.2 cm³/mol. The standard InChI is InChI=1S/C19H17ClFNO4/c20-13-1-6-17(26-15-4-2-14(21)3-5-15)16(11-13)18(23)22-9-7-12(8-10-22)19(24)25/h1-6,11-12H,7-10H2,(H,24,25). The fourth-order valence-corrected chi connectivity index (χ4v) is 3.06. The highest BCUT2D eigenvalue weighted by atomic mass is 35.5. The molecule has 136 valence electrons. The third kappa shape index (κ3) is 4.14. The number of hydrogen-bond donors (Lipinski definition) is 1. The van der Waals surface area contributed by atoms with Gasteiger partial charge in [-0.1, -0.05) is 11.6 Å². The molecule has 0 spiro atoms. The predicted octanol–water partition coefficient (Wildman–Crippen LogP) is 4.21. The zero-order chi connectivity index (χ0) is 18.7. The van der Waals surface area contributed by atoms with Crippen LogP contribution in [0.5, 0.6) is 11.5 Å². The molecule has 1 fully saturated rings. The first-order valence-electron chi connectivity index (χ1n) is 8.19. The first-order chi connectivity index (χ1) is 12.4. The minimum absolute atomic E-state index is 0.270. The van der Waals surface area contributed by atoms with Crippen LogP contribution in [0.1, 0.15) is 23.2 Å². The van der Waals surface area contributed by atoms with Crippen molar-refractivity contribution in [1.82, 2.24) is 4.90 Å². The highest BCUT2D eigenvalue weighted by Gasteiger charge is 2.29. The van der Waals surface area contributed by atoms with Crippen molar-refractivity contribution < 1.29 is 23.8 Å². The molecule has 1 N–H and O–H groups in total. The second-order valence-corrected chi connectivity index (χ2v) is 6.54. The van der Waals surface area contributed by atoms with E-state index in [1.54, 1.807) is 17.0 Å². The Balaban J connectivity index is 1.80. The zero-order valence-electron chi connectivity index (χ0n) is 13.8. The van der Waals surface area contributed by atoms with Gasteiger partial charge in [-0.3, -0.25) is 9.59 Å². The van der Waals surface area contributed by atoms with Crippen molar-refractivity contribution in [2.45, 2.75) is 12.8 Å². The zero-order valence-corrected chi connectivity index (χ0v) is 14.6. The molecule has 1 aliphatic heterocycles. The normalized spacial score (nSPS) is 14.9. The van der Waals surface area contributed by atoms with Crippen molar-refractivity contribution in [2.24, 2.45) is 5.92 Å². The van der Waals surface area contributed by atoms with Crippen molar-refractivity contribution in [3.05, 3.63) is 58.9 Å². The molecule has 1 amide bonds. The summed E-state index contributed by atoms with van der Waals surface area (Å²) in [6.07, 6.45) is 0.825. The number of hydrogen-bond acceptors (Lipinski definition) is 3. The minimum Gasteiger partial charge on any atom is -0.481 e.